The number of fused-ring (bicyclic) bond motifs is 1. The number of hydrogen-bond acceptors (Lipinski definition) is 6. The van der Waals surface area contributed by atoms with Crippen LogP contribution in [0.25, 0.3) is 11.1 Å². The Labute approximate surface area is 216 Å². The van der Waals surface area contributed by atoms with Gasteiger partial charge in [0, 0.05) is 37.3 Å². The van der Waals surface area contributed by atoms with Gasteiger partial charge in [-0.15, -0.1) is 0 Å². The van der Waals surface area contributed by atoms with Crippen LogP contribution in [0.4, 0.5) is 4.39 Å². The van der Waals surface area contributed by atoms with Crippen molar-refractivity contribution in [3.8, 4) is 23.1 Å². The Morgan fingerprint density at radius 1 is 1.24 bits per heavy atom. The zero-order valence-corrected chi connectivity index (χ0v) is 21.3. The van der Waals surface area contributed by atoms with E-state index in [2.05, 4.69) is 16.0 Å². The molecule has 7 nitrogen and oxygen atoms in total. The van der Waals surface area contributed by atoms with E-state index in [1.54, 1.807) is 47.5 Å². The molecule has 2 heterocycles. The maximum absolute atomic E-state index is 13.6. The van der Waals surface area contributed by atoms with Gasteiger partial charge >= 0.3 is 0 Å². The van der Waals surface area contributed by atoms with E-state index in [1.165, 1.54) is 12.1 Å². The highest BCUT2D eigenvalue weighted by atomic mass is 19.1. The molecule has 0 radical (unpaired) electrons. The van der Waals surface area contributed by atoms with E-state index in [9.17, 15) is 19.6 Å². The van der Waals surface area contributed by atoms with E-state index in [0.717, 1.165) is 11.1 Å². The van der Waals surface area contributed by atoms with Gasteiger partial charge in [0.1, 0.15) is 17.5 Å². The van der Waals surface area contributed by atoms with E-state index >= 15 is 0 Å². The summed E-state index contributed by atoms with van der Waals surface area (Å²) in [6.07, 6.45) is 1.36. The standard InChI is InChI=1S/C29H31FN4O3/c1-19-15-34(20(2)18-35)29(36)26-12-24(23-6-4-5-22(11-23)13-31)14-32-28(26)37-27(19)17-33(3)16-21-7-9-25(30)10-8-21/h4-12,14,19-20,27,35H,15-18H2,1-3H3/t19-,20+,27-/m1/s1. The number of pyridine rings is 1. The van der Waals surface area contributed by atoms with Crippen LogP contribution in [0.15, 0.2) is 60.8 Å². The van der Waals surface area contributed by atoms with Gasteiger partial charge in [0.2, 0.25) is 5.88 Å². The molecule has 1 aliphatic rings. The Hall–Kier alpha value is -3.80. The van der Waals surface area contributed by atoms with Crippen LogP contribution in [0.3, 0.4) is 0 Å². The minimum Gasteiger partial charge on any atom is -0.472 e. The number of amides is 1. The number of benzene rings is 2. The molecule has 1 aromatic heterocycles. The summed E-state index contributed by atoms with van der Waals surface area (Å²) in [5, 5.41) is 19.2. The second kappa shape index (κ2) is 11.5. The zero-order valence-electron chi connectivity index (χ0n) is 21.3. The number of aliphatic hydroxyl groups excluding tert-OH is 1. The van der Waals surface area contributed by atoms with Crippen LogP contribution in [0.1, 0.15) is 35.3 Å². The summed E-state index contributed by atoms with van der Waals surface area (Å²) in [5.41, 5.74) is 3.28. The van der Waals surface area contributed by atoms with Crippen molar-refractivity contribution >= 4 is 5.91 Å². The third-order valence-electron chi connectivity index (χ3n) is 6.70. The molecule has 3 aromatic rings. The molecule has 37 heavy (non-hydrogen) atoms. The number of aromatic nitrogens is 1. The SMILES string of the molecule is C[C@@H]1CN([C@@H](C)CO)C(=O)c2cc(-c3cccc(C#N)c3)cnc2O[C@@H]1CN(C)Cc1ccc(F)cc1. The second-order valence-corrected chi connectivity index (χ2v) is 9.72. The Bertz CT molecular complexity index is 1290. The normalized spacial score (nSPS) is 18.4. The van der Waals surface area contributed by atoms with Gasteiger partial charge in [-0.1, -0.05) is 31.2 Å². The first kappa shape index (κ1) is 26.3. The molecule has 1 amide bonds. The molecule has 0 saturated carbocycles. The predicted octanol–water partition coefficient (Wildman–Crippen LogP) is 4.11. The molecule has 1 aliphatic heterocycles. The highest BCUT2D eigenvalue weighted by molar-refractivity contribution is 5.98. The lowest BCUT2D eigenvalue weighted by atomic mass is 9.98. The molecule has 0 unspecified atom stereocenters. The van der Waals surface area contributed by atoms with Gasteiger partial charge in [-0.2, -0.15) is 5.26 Å². The second-order valence-electron chi connectivity index (χ2n) is 9.72. The molecule has 8 heteroatoms. The fourth-order valence-corrected chi connectivity index (χ4v) is 4.52. The van der Waals surface area contributed by atoms with E-state index in [0.29, 0.717) is 36.3 Å². The van der Waals surface area contributed by atoms with Crippen LogP contribution in [0.2, 0.25) is 0 Å². The van der Waals surface area contributed by atoms with Crippen molar-refractivity contribution in [2.24, 2.45) is 5.92 Å². The van der Waals surface area contributed by atoms with Gasteiger partial charge in [0.05, 0.1) is 24.3 Å². The number of aliphatic hydroxyl groups is 1. The van der Waals surface area contributed by atoms with Crippen LogP contribution in [0.5, 0.6) is 5.88 Å². The van der Waals surface area contributed by atoms with E-state index < -0.39 is 0 Å². The summed E-state index contributed by atoms with van der Waals surface area (Å²) >= 11 is 0. The molecule has 0 spiro atoms. The van der Waals surface area contributed by atoms with Gasteiger partial charge in [-0.05, 0) is 55.4 Å². The minimum absolute atomic E-state index is 0.0458. The number of likely N-dealkylation sites (N-methyl/N-ethyl adjacent to an activating group) is 1. The summed E-state index contributed by atoms with van der Waals surface area (Å²) in [5.74, 6) is -0.331. The molecule has 0 bridgehead atoms. The smallest absolute Gasteiger partial charge is 0.259 e. The van der Waals surface area contributed by atoms with Crippen LogP contribution in [-0.2, 0) is 6.54 Å². The van der Waals surface area contributed by atoms with Crippen molar-refractivity contribution in [3.63, 3.8) is 0 Å². The average Bonchev–Trinajstić information content (AvgIpc) is 2.91. The fourth-order valence-electron chi connectivity index (χ4n) is 4.52. The highest BCUT2D eigenvalue weighted by Gasteiger charge is 2.34. The van der Waals surface area contributed by atoms with Crippen LogP contribution < -0.4 is 4.74 Å². The monoisotopic (exact) mass is 502 g/mol. The summed E-state index contributed by atoms with van der Waals surface area (Å²) < 4.78 is 19.7. The Morgan fingerprint density at radius 2 is 2.00 bits per heavy atom. The lowest BCUT2D eigenvalue weighted by Gasteiger charge is -2.37. The largest absolute Gasteiger partial charge is 0.472 e. The topological polar surface area (TPSA) is 89.7 Å². The van der Waals surface area contributed by atoms with Gasteiger partial charge < -0.3 is 14.7 Å². The number of nitrogens with zero attached hydrogens (tertiary/aromatic N) is 4. The number of nitriles is 1. The van der Waals surface area contributed by atoms with Crippen molar-refractivity contribution in [2.45, 2.75) is 32.5 Å². The summed E-state index contributed by atoms with van der Waals surface area (Å²) in [7, 11) is 1.97. The number of rotatable bonds is 7. The number of halogens is 1. The van der Waals surface area contributed by atoms with Gasteiger partial charge in [-0.3, -0.25) is 9.69 Å². The molecule has 0 saturated heterocycles. The maximum atomic E-state index is 13.6. The van der Waals surface area contributed by atoms with E-state index in [4.69, 9.17) is 4.74 Å². The van der Waals surface area contributed by atoms with Gasteiger partial charge in [-0.25, -0.2) is 9.37 Å². The summed E-state index contributed by atoms with van der Waals surface area (Å²) in [6.45, 7) is 5.24. The number of carbonyl (C=O) groups is 1. The van der Waals surface area contributed by atoms with Crippen LogP contribution >= 0.6 is 0 Å². The summed E-state index contributed by atoms with van der Waals surface area (Å²) in [4.78, 5) is 21.9. The Morgan fingerprint density at radius 3 is 2.70 bits per heavy atom. The van der Waals surface area contributed by atoms with E-state index in [-0.39, 0.29) is 42.3 Å². The molecule has 2 aromatic carbocycles. The van der Waals surface area contributed by atoms with Crippen molar-refractivity contribution in [3.05, 3.63) is 83.3 Å². The molecule has 4 rings (SSSR count). The number of carbonyl (C=O) groups excluding carboxylic acids is 1. The Balaban J connectivity index is 1.66. The molecule has 0 aliphatic carbocycles. The predicted molar refractivity (Wildman–Crippen MR) is 138 cm³/mol. The molecular weight excluding hydrogens is 471 g/mol. The highest BCUT2D eigenvalue weighted by Crippen LogP contribution is 2.30. The Kier molecular flexibility index (Phi) is 8.17. The third-order valence-corrected chi connectivity index (χ3v) is 6.70. The van der Waals surface area contributed by atoms with Gasteiger partial charge in [0.25, 0.3) is 5.91 Å². The lowest BCUT2D eigenvalue weighted by molar-refractivity contribution is 0.0325. The third kappa shape index (κ3) is 6.13. The lowest BCUT2D eigenvalue weighted by Crippen LogP contribution is -2.49. The minimum atomic E-state index is -0.385. The van der Waals surface area contributed by atoms with Crippen molar-refractivity contribution in [1.82, 2.24) is 14.8 Å². The summed E-state index contributed by atoms with van der Waals surface area (Å²) in [6, 6.07) is 17.0. The van der Waals surface area contributed by atoms with Gasteiger partial charge in [0.15, 0.2) is 0 Å². The molecular formula is C29H31FN4O3. The maximum Gasteiger partial charge on any atom is 0.259 e. The molecule has 3 atom stereocenters. The quantitative estimate of drug-likeness (QED) is 0.523. The number of ether oxygens (including phenoxy) is 1. The van der Waals surface area contributed by atoms with Crippen molar-refractivity contribution in [1.29, 1.82) is 5.26 Å². The van der Waals surface area contributed by atoms with Crippen LogP contribution in [0, 0.1) is 23.1 Å². The molecule has 192 valence electrons. The average molecular weight is 503 g/mol. The van der Waals surface area contributed by atoms with E-state index in [1.807, 2.05) is 27.0 Å². The van der Waals surface area contributed by atoms with Crippen molar-refractivity contribution in [2.75, 3.05) is 26.7 Å². The first-order valence-electron chi connectivity index (χ1n) is 12.3. The number of hydrogen-bond donors (Lipinski definition) is 1. The molecule has 0 fully saturated rings. The first-order valence-corrected chi connectivity index (χ1v) is 12.3. The fraction of sp³-hybridized carbons (Fsp3) is 0.345. The van der Waals surface area contributed by atoms with Crippen LogP contribution in [-0.4, -0.2) is 64.7 Å². The zero-order chi connectivity index (χ0) is 26.5. The molecule has 1 N–H and O–H groups in total. The van der Waals surface area contributed by atoms with Crippen molar-refractivity contribution < 1.29 is 19.0 Å². The first-order chi connectivity index (χ1) is 17.8.